The average Bonchev–Trinajstić information content (AvgIpc) is 3.30. The van der Waals surface area contributed by atoms with Crippen LogP contribution in [0.2, 0.25) is 0 Å². The zero-order valence-electron chi connectivity index (χ0n) is 15.7. The molecule has 148 valence electrons. The first-order chi connectivity index (χ1) is 13.4. The van der Waals surface area contributed by atoms with Gasteiger partial charge in [-0.05, 0) is 37.4 Å². The SMILES string of the molecule is Cc1nn(-c2ccccc2)c(C)c1CNC(=O)CCNS(=O)(=O)c1cccs1. The number of rotatable bonds is 8. The van der Waals surface area contributed by atoms with Crippen LogP contribution in [-0.2, 0) is 21.4 Å². The van der Waals surface area contributed by atoms with Crippen LogP contribution in [0.15, 0.2) is 52.1 Å². The lowest BCUT2D eigenvalue weighted by Crippen LogP contribution is -2.30. The van der Waals surface area contributed by atoms with Gasteiger partial charge in [0.25, 0.3) is 0 Å². The molecule has 3 rings (SSSR count). The van der Waals surface area contributed by atoms with Crippen LogP contribution >= 0.6 is 11.3 Å². The highest BCUT2D eigenvalue weighted by Crippen LogP contribution is 2.18. The fourth-order valence-electron chi connectivity index (χ4n) is 2.81. The number of nitrogens with zero attached hydrogens (tertiary/aromatic N) is 2. The van der Waals surface area contributed by atoms with Crippen LogP contribution in [0.25, 0.3) is 5.69 Å². The van der Waals surface area contributed by atoms with Crippen molar-refractivity contribution >= 4 is 27.3 Å². The van der Waals surface area contributed by atoms with E-state index in [1.807, 2.05) is 48.9 Å². The Balaban J connectivity index is 1.54. The van der Waals surface area contributed by atoms with Gasteiger partial charge in [-0.3, -0.25) is 4.79 Å². The van der Waals surface area contributed by atoms with Gasteiger partial charge >= 0.3 is 0 Å². The zero-order valence-corrected chi connectivity index (χ0v) is 17.3. The maximum Gasteiger partial charge on any atom is 0.250 e. The van der Waals surface area contributed by atoms with Crippen molar-refractivity contribution in [3.05, 3.63) is 64.8 Å². The molecule has 0 aliphatic rings. The molecule has 2 aromatic heterocycles. The van der Waals surface area contributed by atoms with Gasteiger partial charge in [0.05, 0.1) is 11.4 Å². The maximum absolute atomic E-state index is 12.1. The Hall–Kier alpha value is -2.49. The van der Waals surface area contributed by atoms with Crippen LogP contribution in [0.3, 0.4) is 0 Å². The van der Waals surface area contributed by atoms with E-state index in [1.54, 1.807) is 11.4 Å². The second-order valence-corrected chi connectivity index (χ2v) is 9.19. The molecule has 0 fully saturated rings. The fraction of sp³-hybridized carbons (Fsp3) is 0.263. The standard InChI is InChI=1S/C19H22N4O3S2/c1-14-17(15(2)23(22-14)16-7-4-3-5-8-16)13-20-18(24)10-11-21-28(25,26)19-9-6-12-27-19/h3-9,12,21H,10-11,13H2,1-2H3,(H,20,24). The third kappa shape index (κ3) is 4.67. The molecule has 7 nitrogen and oxygen atoms in total. The summed E-state index contributed by atoms with van der Waals surface area (Å²) >= 11 is 1.14. The van der Waals surface area contributed by atoms with E-state index in [1.165, 1.54) is 6.07 Å². The average molecular weight is 419 g/mol. The van der Waals surface area contributed by atoms with Gasteiger partial charge in [-0.25, -0.2) is 17.8 Å². The highest BCUT2D eigenvalue weighted by Gasteiger charge is 2.16. The monoisotopic (exact) mass is 418 g/mol. The predicted octanol–water partition coefficient (Wildman–Crippen LogP) is 2.54. The second kappa shape index (κ2) is 8.68. The third-order valence-electron chi connectivity index (χ3n) is 4.31. The number of hydrogen-bond donors (Lipinski definition) is 2. The summed E-state index contributed by atoms with van der Waals surface area (Å²) in [6, 6.07) is 13.0. The molecule has 0 radical (unpaired) electrons. The van der Waals surface area contributed by atoms with E-state index in [-0.39, 0.29) is 23.1 Å². The lowest BCUT2D eigenvalue weighted by Gasteiger charge is -2.08. The number of nitrogens with one attached hydrogen (secondary N) is 2. The van der Waals surface area contributed by atoms with Gasteiger partial charge < -0.3 is 5.32 Å². The topological polar surface area (TPSA) is 93.1 Å². The first-order valence-electron chi connectivity index (χ1n) is 8.79. The molecule has 0 spiro atoms. The molecule has 3 aromatic rings. The Bertz CT molecular complexity index is 1040. The molecule has 0 unspecified atom stereocenters. The Morgan fingerprint density at radius 3 is 2.57 bits per heavy atom. The number of para-hydroxylation sites is 1. The van der Waals surface area contributed by atoms with Crippen LogP contribution in [0, 0.1) is 13.8 Å². The quantitative estimate of drug-likeness (QED) is 0.588. The summed E-state index contributed by atoms with van der Waals surface area (Å²) in [5, 5.41) is 9.09. The molecular formula is C19H22N4O3S2. The number of aromatic nitrogens is 2. The zero-order chi connectivity index (χ0) is 20.1. The summed E-state index contributed by atoms with van der Waals surface area (Å²) in [6.07, 6.45) is 0.0650. The molecule has 0 aliphatic carbocycles. The van der Waals surface area contributed by atoms with Gasteiger partial charge in [0.2, 0.25) is 15.9 Å². The van der Waals surface area contributed by atoms with E-state index >= 15 is 0 Å². The maximum atomic E-state index is 12.1. The molecular weight excluding hydrogens is 396 g/mol. The summed E-state index contributed by atoms with van der Waals surface area (Å²) in [4.78, 5) is 12.1. The first-order valence-corrected chi connectivity index (χ1v) is 11.1. The summed E-state index contributed by atoms with van der Waals surface area (Å²) in [7, 11) is -3.55. The normalized spacial score (nSPS) is 11.5. The summed E-state index contributed by atoms with van der Waals surface area (Å²) in [5.41, 5.74) is 3.72. The fourth-order valence-corrected chi connectivity index (χ4v) is 4.88. The Kier molecular flexibility index (Phi) is 6.28. The number of thiophene rings is 1. The van der Waals surface area contributed by atoms with Crippen LogP contribution in [-0.4, -0.2) is 30.7 Å². The van der Waals surface area contributed by atoms with E-state index in [9.17, 15) is 13.2 Å². The molecule has 9 heteroatoms. The summed E-state index contributed by atoms with van der Waals surface area (Å²) in [6.45, 7) is 4.26. The predicted molar refractivity (Wildman–Crippen MR) is 109 cm³/mol. The molecule has 2 N–H and O–H groups in total. The number of benzene rings is 1. The number of sulfonamides is 1. The van der Waals surface area contributed by atoms with E-state index in [0.717, 1.165) is 34.0 Å². The molecule has 1 aromatic carbocycles. The number of carbonyl (C=O) groups excluding carboxylic acids is 1. The molecule has 0 aliphatic heterocycles. The van der Waals surface area contributed by atoms with Crippen molar-refractivity contribution in [1.82, 2.24) is 19.8 Å². The van der Waals surface area contributed by atoms with Crippen molar-refractivity contribution in [1.29, 1.82) is 0 Å². The van der Waals surface area contributed by atoms with Gasteiger partial charge in [0.1, 0.15) is 4.21 Å². The van der Waals surface area contributed by atoms with Crippen molar-refractivity contribution < 1.29 is 13.2 Å². The molecule has 0 saturated heterocycles. The summed E-state index contributed by atoms with van der Waals surface area (Å²) < 4.78 is 28.6. The minimum absolute atomic E-state index is 0.0489. The molecule has 0 bridgehead atoms. The largest absolute Gasteiger partial charge is 0.352 e. The van der Waals surface area contributed by atoms with Gasteiger partial charge in [-0.2, -0.15) is 5.10 Å². The van der Waals surface area contributed by atoms with Gasteiger partial charge in [-0.15, -0.1) is 11.3 Å². The lowest BCUT2D eigenvalue weighted by atomic mass is 10.2. The molecule has 1 amide bonds. The molecule has 2 heterocycles. The van der Waals surface area contributed by atoms with Gasteiger partial charge in [-0.1, -0.05) is 24.3 Å². The Morgan fingerprint density at radius 2 is 1.89 bits per heavy atom. The van der Waals surface area contributed by atoms with Crippen LogP contribution < -0.4 is 10.0 Å². The molecule has 0 saturated carbocycles. The first kappa shape index (κ1) is 20.2. The van der Waals surface area contributed by atoms with E-state index in [0.29, 0.717) is 6.54 Å². The van der Waals surface area contributed by atoms with Crippen molar-refractivity contribution in [3.8, 4) is 5.69 Å². The van der Waals surface area contributed by atoms with Gasteiger partial charge in [0, 0.05) is 30.8 Å². The number of hydrogen-bond acceptors (Lipinski definition) is 5. The van der Waals surface area contributed by atoms with E-state index in [2.05, 4.69) is 15.1 Å². The molecule has 28 heavy (non-hydrogen) atoms. The minimum atomic E-state index is -3.55. The van der Waals surface area contributed by atoms with E-state index < -0.39 is 10.0 Å². The highest BCUT2D eigenvalue weighted by atomic mass is 32.2. The number of carbonyl (C=O) groups is 1. The Morgan fingerprint density at radius 1 is 1.14 bits per heavy atom. The Labute approximate surface area is 168 Å². The third-order valence-corrected chi connectivity index (χ3v) is 7.17. The van der Waals surface area contributed by atoms with Crippen molar-refractivity contribution in [2.24, 2.45) is 0 Å². The smallest absolute Gasteiger partial charge is 0.250 e. The van der Waals surface area contributed by atoms with Crippen LogP contribution in [0.1, 0.15) is 23.4 Å². The number of amides is 1. The summed E-state index contributed by atoms with van der Waals surface area (Å²) in [5.74, 6) is -0.222. The second-order valence-electron chi connectivity index (χ2n) is 6.25. The van der Waals surface area contributed by atoms with Crippen molar-refractivity contribution in [3.63, 3.8) is 0 Å². The van der Waals surface area contributed by atoms with Crippen LogP contribution in [0.4, 0.5) is 0 Å². The van der Waals surface area contributed by atoms with E-state index in [4.69, 9.17) is 0 Å². The minimum Gasteiger partial charge on any atom is -0.352 e. The van der Waals surface area contributed by atoms with Crippen molar-refractivity contribution in [2.45, 2.75) is 31.0 Å². The highest BCUT2D eigenvalue weighted by molar-refractivity contribution is 7.91. The lowest BCUT2D eigenvalue weighted by molar-refractivity contribution is -0.121. The number of aryl methyl sites for hydroxylation is 1. The van der Waals surface area contributed by atoms with Crippen LogP contribution in [0.5, 0.6) is 0 Å². The van der Waals surface area contributed by atoms with Gasteiger partial charge in [0.15, 0.2) is 0 Å². The van der Waals surface area contributed by atoms with Crippen molar-refractivity contribution in [2.75, 3.05) is 6.54 Å². The molecule has 0 atom stereocenters.